The van der Waals surface area contributed by atoms with Crippen LogP contribution in [0.3, 0.4) is 0 Å². The molecule has 0 fully saturated rings. The molecule has 20 aromatic rings. The molecule has 6 nitrogen and oxygen atoms in total. The molecule has 0 saturated carbocycles. The fraction of sp³-hybridized carbons (Fsp3) is 0. The summed E-state index contributed by atoms with van der Waals surface area (Å²) >= 11 is 0. The molecule has 0 aliphatic carbocycles. The zero-order valence-corrected chi connectivity index (χ0v) is 54.3. The topological polar surface area (TPSA) is 45.5 Å². The van der Waals surface area contributed by atoms with Crippen LogP contribution >= 0.6 is 0 Å². The summed E-state index contributed by atoms with van der Waals surface area (Å²) in [5.74, 6) is 0.592. The zero-order valence-electron chi connectivity index (χ0n) is 54.3. The van der Waals surface area contributed by atoms with Crippen molar-refractivity contribution in [2.45, 2.75) is 0 Å². The molecule has 0 aliphatic heterocycles. The summed E-state index contributed by atoms with van der Waals surface area (Å²) in [6, 6.07) is 132. The first-order valence-electron chi connectivity index (χ1n) is 34.2. The van der Waals surface area contributed by atoms with E-state index >= 15 is 0 Å². The maximum absolute atomic E-state index is 5.67. The lowest BCUT2D eigenvalue weighted by molar-refractivity contribution is 0.995. The van der Waals surface area contributed by atoms with Crippen LogP contribution in [0.1, 0.15) is 0 Å². The first-order chi connectivity index (χ1) is 49.6. The Labute approximate surface area is 577 Å². The minimum Gasteiger partial charge on any atom is -0.309 e. The second-order valence-corrected chi connectivity index (χ2v) is 26.1. The van der Waals surface area contributed by atoms with Crippen molar-refractivity contribution in [1.29, 1.82) is 0 Å². The van der Waals surface area contributed by atoms with Gasteiger partial charge in [-0.3, -0.25) is 4.57 Å². The summed E-state index contributed by atoms with van der Waals surface area (Å²) in [6.07, 6.45) is 0. The van der Waals surface area contributed by atoms with Gasteiger partial charge in [0.15, 0.2) is 0 Å². The Balaban J connectivity index is 0.706. The Bertz CT molecular complexity index is 6650. The molecule has 5 aromatic heterocycles. The third-order valence-electron chi connectivity index (χ3n) is 20.4. The quantitative estimate of drug-likeness (QED) is 0.130. The number of aromatic nitrogens is 6. The molecule has 466 valence electrons. The molecule has 0 bridgehead atoms. The van der Waals surface area contributed by atoms with Crippen LogP contribution in [-0.2, 0) is 0 Å². The zero-order chi connectivity index (χ0) is 65.8. The highest BCUT2D eigenvalue weighted by Crippen LogP contribution is 2.43. The number of hydrogen-bond donors (Lipinski definition) is 0. The van der Waals surface area contributed by atoms with Gasteiger partial charge in [-0.15, -0.1) is 0 Å². The maximum Gasteiger partial charge on any atom is 0.235 e. The van der Waals surface area contributed by atoms with Crippen molar-refractivity contribution in [1.82, 2.24) is 28.2 Å². The monoisotopic (exact) mass is 1270 g/mol. The van der Waals surface area contributed by atoms with Gasteiger partial charge in [0.05, 0.1) is 55.5 Å². The van der Waals surface area contributed by atoms with Gasteiger partial charge in [-0.1, -0.05) is 249 Å². The van der Waals surface area contributed by atoms with Gasteiger partial charge in [-0.25, -0.2) is 9.97 Å². The summed E-state index contributed by atoms with van der Waals surface area (Å²) in [6.45, 7) is 0. The van der Waals surface area contributed by atoms with Crippen molar-refractivity contribution in [3.8, 4) is 101 Å². The predicted molar refractivity (Wildman–Crippen MR) is 417 cm³/mol. The molecule has 0 spiro atoms. The number of nitrogens with zero attached hydrogens (tertiary/aromatic N) is 6. The van der Waals surface area contributed by atoms with Crippen molar-refractivity contribution in [3.63, 3.8) is 0 Å². The van der Waals surface area contributed by atoms with E-state index in [1.165, 1.54) is 76.7 Å². The molecule has 100 heavy (non-hydrogen) atoms. The van der Waals surface area contributed by atoms with Crippen molar-refractivity contribution in [2.75, 3.05) is 0 Å². The highest BCUT2D eigenvalue weighted by atomic mass is 15.2. The lowest BCUT2D eigenvalue weighted by Crippen LogP contribution is -2.04. The van der Waals surface area contributed by atoms with Gasteiger partial charge in [0.25, 0.3) is 0 Å². The minimum atomic E-state index is 0.592. The summed E-state index contributed by atoms with van der Waals surface area (Å²) in [5.41, 5.74) is 27.6. The summed E-state index contributed by atoms with van der Waals surface area (Å²) < 4.78 is 9.50. The average Bonchev–Trinajstić information content (AvgIpc) is 1.60. The lowest BCUT2D eigenvalue weighted by Gasteiger charge is -2.15. The van der Waals surface area contributed by atoms with Gasteiger partial charge in [-0.05, 0) is 171 Å². The second-order valence-electron chi connectivity index (χ2n) is 26.1. The fourth-order valence-electron chi connectivity index (χ4n) is 15.8. The van der Waals surface area contributed by atoms with Crippen molar-refractivity contribution in [3.05, 3.63) is 364 Å². The van der Waals surface area contributed by atoms with Crippen LogP contribution in [-0.4, -0.2) is 28.2 Å². The Kier molecular flexibility index (Phi) is 13.2. The Hall–Kier alpha value is -13.4. The average molecular weight is 1270 g/mol. The van der Waals surface area contributed by atoms with Crippen molar-refractivity contribution >= 4 is 87.2 Å². The third-order valence-corrected chi connectivity index (χ3v) is 20.4. The molecule has 6 heteroatoms. The molecule has 0 amide bonds. The molecule has 0 atom stereocenters. The number of fused-ring (bicyclic) bond motifs is 12. The molecule has 0 N–H and O–H groups in total. The van der Waals surface area contributed by atoms with Gasteiger partial charge in [0.2, 0.25) is 5.95 Å². The van der Waals surface area contributed by atoms with E-state index in [4.69, 9.17) is 9.97 Å². The number of hydrogen-bond acceptors (Lipinski definition) is 2. The SMILES string of the molecule is c1ccc(-c2cccc(-n3c4ccccc4c4cc(-c5ccc6c(c5)c5ccccc5n6-c5cccc(-c6cc(-c7ccccc7-c7ccccc7)nc(-n7c8ccccc8c8cc(-c9ccc%10c(c9)c9ccccc9n%10-c9cccc(-c%10ccccc%10)c9)ccc87)n6)c5)ccc43)c2)cc1. The molecule has 0 radical (unpaired) electrons. The predicted octanol–water partition coefficient (Wildman–Crippen LogP) is 24.5. The van der Waals surface area contributed by atoms with Gasteiger partial charge < -0.3 is 13.7 Å². The van der Waals surface area contributed by atoms with Gasteiger partial charge in [0.1, 0.15) is 0 Å². The van der Waals surface area contributed by atoms with Crippen LogP contribution in [0, 0.1) is 0 Å². The third kappa shape index (κ3) is 9.34. The number of para-hydroxylation sites is 4. The van der Waals surface area contributed by atoms with Crippen LogP contribution < -0.4 is 0 Å². The van der Waals surface area contributed by atoms with Gasteiger partial charge in [-0.2, -0.15) is 0 Å². The highest BCUT2D eigenvalue weighted by Gasteiger charge is 2.23. The molecule has 5 heterocycles. The first-order valence-corrected chi connectivity index (χ1v) is 34.2. The number of rotatable bonds is 11. The van der Waals surface area contributed by atoms with E-state index in [9.17, 15) is 0 Å². The molecule has 0 aliphatic rings. The van der Waals surface area contributed by atoms with Gasteiger partial charge >= 0.3 is 0 Å². The van der Waals surface area contributed by atoms with E-state index in [0.717, 1.165) is 106 Å². The normalized spacial score (nSPS) is 11.8. The molecular formula is C94H60N6. The fourth-order valence-corrected chi connectivity index (χ4v) is 15.8. The van der Waals surface area contributed by atoms with Crippen LogP contribution in [0.2, 0.25) is 0 Å². The van der Waals surface area contributed by atoms with E-state index in [2.05, 4.69) is 382 Å². The van der Waals surface area contributed by atoms with Crippen molar-refractivity contribution in [2.24, 2.45) is 0 Å². The molecule has 0 saturated heterocycles. The molecule has 0 unspecified atom stereocenters. The maximum atomic E-state index is 5.67. The van der Waals surface area contributed by atoms with Crippen LogP contribution in [0.5, 0.6) is 0 Å². The molecular weight excluding hydrogens is 1210 g/mol. The minimum absolute atomic E-state index is 0.592. The standard InChI is InChI=1S/C94H60N6/c1-4-23-61(24-5-1)64-29-20-32-71(53-64)97-86-41-16-12-37-76(86)80-56-66(45-49-90(80)97)67-47-51-92-82(57-67)78-39-14-18-43-88(78)99(92)73-34-22-31-70(55-73)84-60-85(75-36-11-10-35-74(75)63-27-8-3-9-28-63)96-94(95-84)100-89-44-19-15-40-79(89)83-59-69(48-52-93(83)100)68-46-50-91-81(58-68)77-38-13-17-42-87(77)98(91)72-33-21-30-65(54-72)62-25-6-2-7-26-62/h1-60H. The van der Waals surface area contributed by atoms with Gasteiger partial charge in [0, 0.05) is 71.3 Å². The Morgan fingerprint density at radius 3 is 0.870 bits per heavy atom. The highest BCUT2D eigenvalue weighted by molar-refractivity contribution is 6.15. The lowest BCUT2D eigenvalue weighted by atomic mass is 9.97. The second kappa shape index (κ2) is 23.2. The van der Waals surface area contributed by atoms with Crippen LogP contribution in [0.25, 0.3) is 188 Å². The number of benzene rings is 15. The van der Waals surface area contributed by atoms with E-state index in [1.54, 1.807) is 0 Å². The Morgan fingerprint density at radius 1 is 0.160 bits per heavy atom. The van der Waals surface area contributed by atoms with Crippen molar-refractivity contribution < 1.29 is 0 Å². The largest absolute Gasteiger partial charge is 0.309 e. The summed E-state index contributed by atoms with van der Waals surface area (Å²) in [5, 5.41) is 9.49. The van der Waals surface area contributed by atoms with E-state index in [1.807, 2.05) is 0 Å². The van der Waals surface area contributed by atoms with Crippen LogP contribution in [0.4, 0.5) is 0 Å². The van der Waals surface area contributed by atoms with E-state index in [-0.39, 0.29) is 0 Å². The van der Waals surface area contributed by atoms with Crippen LogP contribution in [0.15, 0.2) is 364 Å². The molecule has 20 rings (SSSR count). The summed E-state index contributed by atoms with van der Waals surface area (Å²) in [7, 11) is 0. The molecule has 15 aromatic carbocycles. The summed E-state index contributed by atoms with van der Waals surface area (Å²) in [4.78, 5) is 11.3. The Morgan fingerprint density at radius 2 is 0.450 bits per heavy atom. The van der Waals surface area contributed by atoms with E-state index in [0.29, 0.717) is 5.95 Å². The first kappa shape index (κ1) is 56.9. The smallest absolute Gasteiger partial charge is 0.235 e. The van der Waals surface area contributed by atoms with E-state index < -0.39 is 0 Å².